The van der Waals surface area contributed by atoms with Gasteiger partial charge in [-0.25, -0.2) is 4.79 Å². The molecule has 1 amide bonds. The molecule has 1 radical (unpaired) electrons. The zero-order valence-corrected chi connectivity index (χ0v) is 7.04. The average Bonchev–Trinajstić information content (AvgIpc) is 2.39. The third-order valence-corrected chi connectivity index (χ3v) is 1.74. The summed E-state index contributed by atoms with van der Waals surface area (Å²) in [6.45, 7) is 0. The standard InChI is InChI=1S/C8H14NO2/c1-9(2)8(10)11-7-5-3-4-6-7/h5,7H,3-4,6H2,1-2H3. The quantitative estimate of drug-likeness (QED) is 0.575. The van der Waals surface area contributed by atoms with E-state index in [1.165, 1.54) is 4.90 Å². The summed E-state index contributed by atoms with van der Waals surface area (Å²) in [5.74, 6) is 0. The summed E-state index contributed by atoms with van der Waals surface area (Å²) in [5, 5.41) is 0. The zero-order valence-electron chi connectivity index (χ0n) is 7.04. The molecule has 0 bridgehead atoms. The molecule has 3 nitrogen and oxygen atoms in total. The minimum absolute atomic E-state index is 0.0601. The second-order valence-electron chi connectivity index (χ2n) is 2.98. The number of carbonyl (C=O) groups excluding carboxylic acids is 1. The molecule has 1 aliphatic carbocycles. The Hall–Kier alpha value is -0.730. The molecule has 1 atom stereocenters. The number of carbonyl (C=O) groups is 1. The van der Waals surface area contributed by atoms with Gasteiger partial charge in [0.1, 0.15) is 6.10 Å². The maximum Gasteiger partial charge on any atom is 0.409 e. The normalized spacial score (nSPS) is 18.4. The third kappa shape index (κ3) is 2.41. The molecular formula is C8H14NO2. The van der Waals surface area contributed by atoms with E-state index in [4.69, 9.17) is 4.74 Å². The van der Waals surface area contributed by atoms with Crippen molar-refractivity contribution >= 4 is 6.09 Å². The van der Waals surface area contributed by atoms with Gasteiger partial charge in [-0.15, -0.1) is 0 Å². The second-order valence-corrected chi connectivity index (χ2v) is 2.98. The van der Waals surface area contributed by atoms with Gasteiger partial charge < -0.3 is 9.64 Å². The third-order valence-electron chi connectivity index (χ3n) is 1.74. The van der Waals surface area contributed by atoms with Crippen LogP contribution in [-0.4, -0.2) is 31.2 Å². The van der Waals surface area contributed by atoms with Crippen molar-refractivity contribution in [1.82, 2.24) is 4.90 Å². The number of ether oxygens (including phenoxy) is 1. The van der Waals surface area contributed by atoms with Gasteiger partial charge in [0.2, 0.25) is 0 Å². The Labute approximate surface area is 67.3 Å². The Bertz CT molecular complexity index is 139. The highest BCUT2D eigenvalue weighted by Gasteiger charge is 2.19. The molecule has 0 saturated heterocycles. The first-order chi connectivity index (χ1) is 5.20. The van der Waals surface area contributed by atoms with E-state index in [0.29, 0.717) is 0 Å². The highest BCUT2D eigenvalue weighted by molar-refractivity contribution is 5.67. The highest BCUT2D eigenvalue weighted by atomic mass is 16.6. The van der Waals surface area contributed by atoms with E-state index in [-0.39, 0.29) is 12.2 Å². The fourth-order valence-corrected chi connectivity index (χ4v) is 1.08. The van der Waals surface area contributed by atoms with Crippen molar-refractivity contribution in [3.8, 4) is 0 Å². The molecule has 1 fully saturated rings. The predicted molar refractivity (Wildman–Crippen MR) is 42.1 cm³/mol. The van der Waals surface area contributed by atoms with Crippen LogP contribution >= 0.6 is 0 Å². The number of hydrogen-bond donors (Lipinski definition) is 0. The molecule has 63 valence electrons. The first-order valence-corrected chi connectivity index (χ1v) is 3.91. The molecule has 0 heterocycles. The van der Waals surface area contributed by atoms with Crippen LogP contribution < -0.4 is 0 Å². The maximum atomic E-state index is 11.0. The van der Waals surface area contributed by atoms with Gasteiger partial charge in [-0.3, -0.25) is 0 Å². The smallest absolute Gasteiger partial charge is 0.409 e. The number of nitrogens with zero attached hydrogens (tertiary/aromatic N) is 1. The predicted octanol–water partition coefficient (Wildman–Crippen LogP) is 1.44. The zero-order chi connectivity index (χ0) is 8.27. The lowest BCUT2D eigenvalue weighted by molar-refractivity contribution is 0.0906. The second kappa shape index (κ2) is 3.60. The Morgan fingerprint density at radius 2 is 2.36 bits per heavy atom. The first-order valence-electron chi connectivity index (χ1n) is 3.91. The summed E-state index contributed by atoms with van der Waals surface area (Å²) in [6.07, 6.45) is 5.08. The SMILES string of the molecule is CN(C)C(=O)OC1[CH]CCC1. The largest absolute Gasteiger partial charge is 0.446 e. The van der Waals surface area contributed by atoms with Gasteiger partial charge in [-0.05, 0) is 19.3 Å². The van der Waals surface area contributed by atoms with E-state index in [2.05, 4.69) is 6.42 Å². The minimum Gasteiger partial charge on any atom is -0.446 e. The van der Waals surface area contributed by atoms with Crippen LogP contribution in [0.2, 0.25) is 0 Å². The van der Waals surface area contributed by atoms with Crippen LogP contribution in [0.1, 0.15) is 19.3 Å². The van der Waals surface area contributed by atoms with Crippen LogP contribution in [0.5, 0.6) is 0 Å². The van der Waals surface area contributed by atoms with Gasteiger partial charge in [0.05, 0.1) is 0 Å². The van der Waals surface area contributed by atoms with Gasteiger partial charge in [0, 0.05) is 20.5 Å². The van der Waals surface area contributed by atoms with Crippen LogP contribution in [0.25, 0.3) is 0 Å². The maximum absolute atomic E-state index is 11.0. The Morgan fingerprint density at radius 3 is 2.82 bits per heavy atom. The number of hydrogen-bond acceptors (Lipinski definition) is 2. The van der Waals surface area contributed by atoms with E-state index in [1.807, 2.05) is 0 Å². The molecule has 0 aliphatic heterocycles. The molecule has 0 N–H and O–H groups in total. The van der Waals surface area contributed by atoms with Gasteiger partial charge >= 0.3 is 6.09 Å². The van der Waals surface area contributed by atoms with Crippen LogP contribution in [0.4, 0.5) is 4.79 Å². The lowest BCUT2D eigenvalue weighted by Crippen LogP contribution is -2.26. The summed E-state index contributed by atoms with van der Waals surface area (Å²) in [6, 6.07) is 0. The highest BCUT2D eigenvalue weighted by Crippen LogP contribution is 2.20. The van der Waals surface area contributed by atoms with E-state index in [0.717, 1.165) is 19.3 Å². The van der Waals surface area contributed by atoms with Gasteiger partial charge in [0.15, 0.2) is 0 Å². The lowest BCUT2D eigenvalue weighted by Gasteiger charge is -2.15. The topological polar surface area (TPSA) is 29.5 Å². The van der Waals surface area contributed by atoms with Crippen LogP contribution in [-0.2, 0) is 4.74 Å². The van der Waals surface area contributed by atoms with Crippen LogP contribution in [0, 0.1) is 6.42 Å². The average molecular weight is 156 g/mol. The molecule has 11 heavy (non-hydrogen) atoms. The van der Waals surface area contributed by atoms with E-state index in [1.54, 1.807) is 14.1 Å². The molecule has 1 rings (SSSR count). The van der Waals surface area contributed by atoms with Crippen molar-refractivity contribution in [3.63, 3.8) is 0 Å². The van der Waals surface area contributed by atoms with Crippen LogP contribution in [0.3, 0.4) is 0 Å². The van der Waals surface area contributed by atoms with Gasteiger partial charge in [-0.2, -0.15) is 0 Å². The van der Waals surface area contributed by atoms with Gasteiger partial charge in [-0.1, -0.05) is 0 Å². The van der Waals surface area contributed by atoms with E-state index >= 15 is 0 Å². The summed E-state index contributed by atoms with van der Waals surface area (Å²) < 4.78 is 5.10. The van der Waals surface area contributed by atoms with E-state index in [9.17, 15) is 4.79 Å². The Kier molecular flexibility index (Phi) is 2.74. The molecule has 1 unspecified atom stereocenters. The van der Waals surface area contributed by atoms with Crippen LogP contribution in [0.15, 0.2) is 0 Å². The molecule has 3 heteroatoms. The molecule has 0 aromatic carbocycles. The fraction of sp³-hybridized carbons (Fsp3) is 0.750. The Morgan fingerprint density at radius 1 is 1.64 bits per heavy atom. The summed E-state index contributed by atoms with van der Waals surface area (Å²) in [5.41, 5.74) is 0. The monoisotopic (exact) mass is 156 g/mol. The van der Waals surface area contributed by atoms with Crippen molar-refractivity contribution in [2.45, 2.75) is 25.4 Å². The number of rotatable bonds is 1. The molecule has 1 aliphatic rings. The van der Waals surface area contributed by atoms with Crippen molar-refractivity contribution in [2.75, 3.05) is 14.1 Å². The van der Waals surface area contributed by atoms with Gasteiger partial charge in [0.25, 0.3) is 0 Å². The summed E-state index contributed by atoms with van der Waals surface area (Å²) >= 11 is 0. The van der Waals surface area contributed by atoms with Crippen molar-refractivity contribution in [1.29, 1.82) is 0 Å². The lowest BCUT2D eigenvalue weighted by atomic mass is 10.3. The molecule has 0 aromatic rings. The number of amides is 1. The van der Waals surface area contributed by atoms with Crippen molar-refractivity contribution in [2.24, 2.45) is 0 Å². The summed E-state index contributed by atoms with van der Waals surface area (Å²) in [4.78, 5) is 12.4. The first kappa shape index (κ1) is 8.37. The Balaban J connectivity index is 2.24. The summed E-state index contributed by atoms with van der Waals surface area (Å²) in [7, 11) is 3.38. The van der Waals surface area contributed by atoms with Crippen molar-refractivity contribution < 1.29 is 9.53 Å². The van der Waals surface area contributed by atoms with Crippen molar-refractivity contribution in [3.05, 3.63) is 6.42 Å². The fourth-order valence-electron chi connectivity index (χ4n) is 1.08. The molecule has 0 aromatic heterocycles. The molecular weight excluding hydrogens is 142 g/mol. The molecule has 0 spiro atoms. The van der Waals surface area contributed by atoms with E-state index < -0.39 is 0 Å². The minimum atomic E-state index is -0.242. The molecule has 1 saturated carbocycles.